The predicted octanol–water partition coefficient (Wildman–Crippen LogP) is 3.79. The van der Waals surface area contributed by atoms with Crippen LogP contribution < -0.4 is 15.5 Å². The Hall–Kier alpha value is -2.82. The van der Waals surface area contributed by atoms with Crippen LogP contribution in [0, 0.1) is 13.8 Å². The Morgan fingerprint density at radius 2 is 1.85 bits per heavy atom. The van der Waals surface area contributed by atoms with Crippen molar-refractivity contribution in [2.24, 2.45) is 0 Å². The Balaban J connectivity index is 1.59. The standard InChI is InChI=1S/C21H25N3O2/c1-4-16-6-8-17(9-7-16)22-21(26)23-18-12-20(25)24(13-18)19-10-5-14(2)15(3)11-19/h5-11,18H,4,12-13H2,1-3H3,(H2,22,23,26)/t18-/m0/s1. The van der Waals surface area contributed by atoms with Crippen LogP contribution in [0.4, 0.5) is 16.2 Å². The summed E-state index contributed by atoms with van der Waals surface area (Å²) in [6, 6.07) is 13.3. The maximum atomic E-state index is 12.3. The molecule has 136 valence electrons. The summed E-state index contributed by atoms with van der Waals surface area (Å²) in [5.74, 6) is 0.0332. The highest BCUT2D eigenvalue weighted by atomic mass is 16.2. The van der Waals surface area contributed by atoms with Crippen LogP contribution in [-0.2, 0) is 11.2 Å². The first kappa shape index (κ1) is 18.0. The molecule has 0 unspecified atom stereocenters. The van der Waals surface area contributed by atoms with Crippen LogP contribution in [0.1, 0.15) is 30.0 Å². The number of benzene rings is 2. The molecule has 1 saturated heterocycles. The number of aryl methyl sites for hydroxylation is 3. The third kappa shape index (κ3) is 4.04. The first-order chi connectivity index (χ1) is 12.5. The van der Waals surface area contributed by atoms with E-state index < -0.39 is 0 Å². The molecule has 1 atom stereocenters. The number of nitrogens with one attached hydrogen (secondary N) is 2. The number of carbonyl (C=O) groups excluding carboxylic acids is 2. The fourth-order valence-electron chi connectivity index (χ4n) is 3.12. The lowest BCUT2D eigenvalue weighted by Crippen LogP contribution is -2.39. The Morgan fingerprint density at radius 3 is 2.50 bits per heavy atom. The van der Waals surface area contributed by atoms with Gasteiger partial charge in [0.2, 0.25) is 5.91 Å². The number of hydrogen-bond donors (Lipinski definition) is 2. The Kier molecular flexibility index (Phi) is 5.26. The largest absolute Gasteiger partial charge is 0.333 e. The molecular weight excluding hydrogens is 326 g/mol. The quantitative estimate of drug-likeness (QED) is 0.880. The van der Waals surface area contributed by atoms with Crippen molar-refractivity contribution in [1.29, 1.82) is 0 Å². The maximum Gasteiger partial charge on any atom is 0.319 e. The average molecular weight is 351 g/mol. The molecule has 0 bridgehead atoms. The van der Waals surface area contributed by atoms with E-state index in [9.17, 15) is 9.59 Å². The van der Waals surface area contributed by atoms with Gasteiger partial charge in [-0.1, -0.05) is 25.1 Å². The van der Waals surface area contributed by atoms with Gasteiger partial charge in [0, 0.05) is 24.3 Å². The fourth-order valence-corrected chi connectivity index (χ4v) is 3.12. The monoisotopic (exact) mass is 351 g/mol. The van der Waals surface area contributed by atoms with Crippen LogP contribution in [0.25, 0.3) is 0 Å². The lowest BCUT2D eigenvalue weighted by Gasteiger charge is -2.18. The lowest BCUT2D eigenvalue weighted by molar-refractivity contribution is -0.117. The molecule has 5 nitrogen and oxygen atoms in total. The SMILES string of the molecule is CCc1ccc(NC(=O)N[C@H]2CC(=O)N(c3ccc(C)c(C)c3)C2)cc1. The number of carbonyl (C=O) groups is 2. The molecule has 1 fully saturated rings. The molecule has 0 spiro atoms. The second-order valence-electron chi connectivity index (χ2n) is 6.82. The van der Waals surface area contributed by atoms with Gasteiger partial charge in [-0.15, -0.1) is 0 Å². The third-order valence-corrected chi connectivity index (χ3v) is 4.88. The van der Waals surface area contributed by atoms with Crippen molar-refractivity contribution >= 4 is 23.3 Å². The molecule has 0 saturated carbocycles. The van der Waals surface area contributed by atoms with Gasteiger partial charge in [-0.05, 0) is 61.2 Å². The van der Waals surface area contributed by atoms with Crippen LogP contribution in [0.15, 0.2) is 42.5 Å². The van der Waals surface area contributed by atoms with Crippen molar-refractivity contribution in [2.45, 2.75) is 39.7 Å². The van der Waals surface area contributed by atoms with E-state index in [2.05, 4.69) is 17.6 Å². The van der Waals surface area contributed by atoms with Crippen LogP contribution in [0.2, 0.25) is 0 Å². The van der Waals surface area contributed by atoms with E-state index in [1.165, 1.54) is 11.1 Å². The number of hydrogen-bond acceptors (Lipinski definition) is 2. The number of nitrogens with zero attached hydrogens (tertiary/aromatic N) is 1. The zero-order valence-corrected chi connectivity index (χ0v) is 15.5. The second kappa shape index (κ2) is 7.60. The average Bonchev–Trinajstić information content (AvgIpc) is 2.98. The van der Waals surface area contributed by atoms with Crippen molar-refractivity contribution in [3.05, 3.63) is 59.2 Å². The zero-order valence-electron chi connectivity index (χ0n) is 15.5. The van der Waals surface area contributed by atoms with E-state index in [-0.39, 0.29) is 18.0 Å². The number of anilines is 2. The molecule has 26 heavy (non-hydrogen) atoms. The van der Waals surface area contributed by atoms with Gasteiger partial charge in [0.15, 0.2) is 0 Å². The number of rotatable bonds is 4. The normalized spacial score (nSPS) is 16.7. The Labute approximate surface area is 154 Å². The minimum Gasteiger partial charge on any atom is -0.333 e. The first-order valence-corrected chi connectivity index (χ1v) is 9.00. The van der Waals surface area contributed by atoms with E-state index in [4.69, 9.17) is 0 Å². The van der Waals surface area contributed by atoms with Gasteiger partial charge in [-0.3, -0.25) is 4.79 Å². The zero-order chi connectivity index (χ0) is 18.7. The third-order valence-electron chi connectivity index (χ3n) is 4.88. The van der Waals surface area contributed by atoms with E-state index in [0.29, 0.717) is 13.0 Å². The molecular formula is C21H25N3O2. The highest BCUT2D eigenvalue weighted by molar-refractivity contribution is 5.97. The summed E-state index contributed by atoms with van der Waals surface area (Å²) in [6.45, 7) is 6.66. The van der Waals surface area contributed by atoms with Gasteiger partial charge in [-0.2, -0.15) is 0 Å². The maximum absolute atomic E-state index is 12.3. The lowest BCUT2D eigenvalue weighted by atomic mass is 10.1. The molecule has 2 aromatic carbocycles. The van der Waals surface area contributed by atoms with Crippen LogP contribution in [0.3, 0.4) is 0 Å². The number of amides is 3. The minimum absolute atomic E-state index is 0.0332. The van der Waals surface area contributed by atoms with Crippen LogP contribution >= 0.6 is 0 Å². The summed E-state index contributed by atoms with van der Waals surface area (Å²) in [5.41, 5.74) is 5.21. The van der Waals surface area contributed by atoms with Crippen LogP contribution in [0.5, 0.6) is 0 Å². The van der Waals surface area contributed by atoms with Gasteiger partial charge < -0.3 is 15.5 Å². The summed E-state index contributed by atoms with van der Waals surface area (Å²) >= 11 is 0. The van der Waals surface area contributed by atoms with Crippen molar-refractivity contribution in [1.82, 2.24) is 5.32 Å². The van der Waals surface area contributed by atoms with E-state index in [1.807, 2.05) is 56.3 Å². The second-order valence-corrected chi connectivity index (χ2v) is 6.82. The summed E-state index contributed by atoms with van der Waals surface area (Å²) in [4.78, 5) is 26.3. The Bertz CT molecular complexity index is 815. The molecule has 5 heteroatoms. The molecule has 0 aliphatic carbocycles. The van der Waals surface area contributed by atoms with Crippen LogP contribution in [-0.4, -0.2) is 24.5 Å². The topological polar surface area (TPSA) is 61.4 Å². The smallest absolute Gasteiger partial charge is 0.319 e. The van der Waals surface area contributed by atoms with E-state index in [0.717, 1.165) is 23.4 Å². The summed E-state index contributed by atoms with van der Waals surface area (Å²) < 4.78 is 0. The first-order valence-electron chi connectivity index (χ1n) is 9.00. The van der Waals surface area contributed by atoms with Crippen molar-refractivity contribution in [3.63, 3.8) is 0 Å². The van der Waals surface area contributed by atoms with Crippen molar-refractivity contribution < 1.29 is 9.59 Å². The molecule has 3 rings (SSSR count). The Morgan fingerprint density at radius 1 is 1.12 bits per heavy atom. The molecule has 2 N–H and O–H groups in total. The molecule has 1 aliphatic rings. The highest BCUT2D eigenvalue weighted by Crippen LogP contribution is 2.24. The molecule has 0 aromatic heterocycles. The molecule has 1 heterocycles. The minimum atomic E-state index is -0.283. The summed E-state index contributed by atoms with van der Waals surface area (Å²) in [7, 11) is 0. The van der Waals surface area contributed by atoms with E-state index in [1.54, 1.807) is 4.90 Å². The van der Waals surface area contributed by atoms with Gasteiger partial charge >= 0.3 is 6.03 Å². The van der Waals surface area contributed by atoms with Crippen molar-refractivity contribution in [3.8, 4) is 0 Å². The molecule has 0 radical (unpaired) electrons. The van der Waals surface area contributed by atoms with Gasteiger partial charge in [0.05, 0.1) is 6.04 Å². The highest BCUT2D eigenvalue weighted by Gasteiger charge is 2.31. The molecule has 2 aromatic rings. The number of urea groups is 1. The van der Waals surface area contributed by atoms with Gasteiger partial charge in [-0.25, -0.2) is 4.79 Å². The van der Waals surface area contributed by atoms with Crippen molar-refractivity contribution in [2.75, 3.05) is 16.8 Å². The summed E-state index contributed by atoms with van der Waals surface area (Å²) in [6.07, 6.45) is 1.28. The molecule has 3 amide bonds. The van der Waals surface area contributed by atoms with Gasteiger partial charge in [0.25, 0.3) is 0 Å². The van der Waals surface area contributed by atoms with Gasteiger partial charge in [0.1, 0.15) is 0 Å². The predicted molar refractivity (Wildman–Crippen MR) is 105 cm³/mol. The molecule has 1 aliphatic heterocycles. The van der Waals surface area contributed by atoms with E-state index >= 15 is 0 Å². The fraction of sp³-hybridized carbons (Fsp3) is 0.333. The summed E-state index contributed by atoms with van der Waals surface area (Å²) in [5, 5.41) is 5.73.